The van der Waals surface area contributed by atoms with Gasteiger partial charge in [0.1, 0.15) is 11.6 Å². The number of aliphatic hydroxyl groups is 1. The Labute approximate surface area is 123 Å². The second kappa shape index (κ2) is 5.58. The van der Waals surface area contributed by atoms with Crippen molar-refractivity contribution < 1.29 is 9.52 Å². The number of aryl methyl sites for hydroxylation is 1. The molecule has 4 nitrogen and oxygen atoms in total. The van der Waals surface area contributed by atoms with E-state index in [0.717, 1.165) is 33.6 Å². The van der Waals surface area contributed by atoms with Crippen LogP contribution >= 0.6 is 0 Å². The number of hydrogen-bond donors (Lipinski definition) is 1. The minimum absolute atomic E-state index is 0.0259. The monoisotopic (exact) mass is 282 g/mol. The van der Waals surface area contributed by atoms with Crippen molar-refractivity contribution in [2.24, 2.45) is 0 Å². The Kier molecular flexibility index (Phi) is 3.62. The molecule has 3 rings (SSSR count). The maximum atomic E-state index is 9.62. The lowest BCUT2D eigenvalue weighted by atomic mass is 10.1. The topological polar surface area (TPSA) is 49.5 Å². The van der Waals surface area contributed by atoms with E-state index in [4.69, 9.17) is 9.40 Å². The SMILES string of the molecule is Cc1occc1CN(C)c1nc2ccccc2cc1CO. The van der Waals surface area contributed by atoms with Gasteiger partial charge >= 0.3 is 0 Å². The van der Waals surface area contributed by atoms with E-state index < -0.39 is 0 Å². The number of fused-ring (bicyclic) bond motifs is 1. The fraction of sp³-hybridized carbons (Fsp3) is 0.235. The van der Waals surface area contributed by atoms with E-state index in [2.05, 4.69) is 0 Å². The Balaban J connectivity index is 2.00. The molecule has 0 fully saturated rings. The van der Waals surface area contributed by atoms with E-state index in [1.54, 1.807) is 6.26 Å². The van der Waals surface area contributed by atoms with E-state index in [1.807, 2.05) is 55.3 Å². The zero-order chi connectivity index (χ0) is 14.8. The lowest BCUT2D eigenvalue weighted by Gasteiger charge is -2.21. The first-order chi connectivity index (χ1) is 10.2. The van der Waals surface area contributed by atoms with E-state index in [9.17, 15) is 5.11 Å². The molecule has 3 aromatic rings. The first-order valence-corrected chi connectivity index (χ1v) is 6.92. The van der Waals surface area contributed by atoms with E-state index in [0.29, 0.717) is 6.54 Å². The molecular weight excluding hydrogens is 264 g/mol. The van der Waals surface area contributed by atoms with Crippen molar-refractivity contribution in [3.8, 4) is 0 Å². The third-order valence-electron chi connectivity index (χ3n) is 3.69. The summed E-state index contributed by atoms with van der Waals surface area (Å²) in [6.45, 7) is 2.62. The highest BCUT2D eigenvalue weighted by Gasteiger charge is 2.13. The average molecular weight is 282 g/mol. The Morgan fingerprint density at radius 2 is 2.00 bits per heavy atom. The number of aromatic nitrogens is 1. The Hall–Kier alpha value is -2.33. The number of benzene rings is 1. The van der Waals surface area contributed by atoms with Crippen LogP contribution in [-0.4, -0.2) is 17.1 Å². The van der Waals surface area contributed by atoms with Gasteiger partial charge in [0.05, 0.1) is 18.4 Å². The molecule has 2 heterocycles. The lowest BCUT2D eigenvalue weighted by Crippen LogP contribution is -2.19. The lowest BCUT2D eigenvalue weighted by molar-refractivity contribution is 0.282. The molecule has 0 aliphatic carbocycles. The van der Waals surface area contributed by atoms with Gasteiger partial charge in [-0.1, -0.05) is 18.2 Å². The quantitative estimate of drug-likeness (QED) is 0.798. The van der Waals surface area contributed by atoms with Crippen LogP contribution < -0.4 is 4.90 Å². The summed E-state index contributed by atoms with van der Waals surface area (Å²) in [6, 6.07) is 11.9. The molecule has 0 amide bonds. The highest BCUT2D eigenvalue weighted by atomic mass is 16.3. The maximum absolute atomic E-state index is 9.62. The molecule has 21 heavy (non-hydrogen) atoms. The van der Waals surface area contributed by atoms with Gasteiger partial charge in [-0.3, -0.25) is 0 Å². The number of furan rings is 1. The van der Waals surface area contributed by atoms with Crippen LogP contribution in [0.4, 0.5) is 5.82 Å². The van der Waals surface area contributed by atoms with Crippen LogP contribution in [0.3, 0.4) is 0 Å². The summed E-state index contributed by atoms with van der Waals surface area (Å²) in [5, 5.41) is 10.7. The predicted molar refractivity (Wildman–Crippen MR) is 83.2 cm³/mol. The molecule has 0 saturated carbocycles. The fourth-order valence-electron chi connectivity index (χ4n) is 2.50. The van der Waals surface area contributed by atoms with Gasteiger partial charge in [0.2, 0.25) is 0 Å². The van der Waals surface area contributed by atoms with E-state index in [1.165, 1.54) is 0 Å². The first-order valence-electron chi connectivity index (χ1n) is 6.92. The molecule has 0 radical (unpaired) electrons. The van der Waals surface area contributed by atoms with Gasteiger partial charge in [-0.15, -0.1) is 0 Å². The predicted octanol–water partition coefficient (Wildman–Crippen LogP) is 3.26. The second-order valence-electron chi connectivity index (χ2n) is 5.18. The third kappa shape index (κ3) is 2.62. The second-order valence-corrected chi connectivity index (χ2v) is 5.18. The van der Waals surface area contributed by atoms with Crippen LogP contribution in [0, 0.1) is 6.92 Å². The Bertz CT molecular complexity index is 764. The molecule has 0 bridgehead atoms. The standard InChI is InChI=1S/C17H18N2O2/c1-12-14(7-8-21-12)10-19(2)17-15(11-20)9-13-5-3-4-6-16(13)18-17/h3-9,20H,10-11H2,1-2H3. The van der Waals surface area contributed by atoms with Crippen molar-refractivity contribution in [3.63, 3.8) is 0 Å². The van der Waals surface area contributed by atoms with Crippen molar-refractivity contribution in [3.05, 3.63) is 59.5 Å². The average Bonchev–Trinajstić information content (AvgIpc) is 2.91. The van der Waals surface area contributed by atoms with Crippen LogP contribution in [0.15, 0.2) is 47.1 Å². The molecule has 108 valence electrons. The maximum Gasteiger partial charge on any atom is 0.134 e. The molecule has 1 N–H and O–H groups in total. The number of aliphatic hydroxyl groups excluding tert-OH is 1. The Morgan fingerprint density at radius 1 is 1.19 bits per heavy atom. The number of anilines is 1. The zero-order valence-corrected chi connectivity index (χ0v) is 12.2. The van der Waals surface area contributed by atoms with Crippen molar-refractivity contribution in [2.45, 2.75) is 20.1 Å². The minimum atomic E-state index is -0.0259. The molecule has 0 aliphatic rings. The number of hydrogen-bond acceptors (Lipinski definition) is 4. The summed E-state index contributed by atoms with van der Waals surface area (Å²) < 4.78 is 5.33. The molecule has 1 aromatic carbocycles. The fourth-order valence-corrected chi connectivity index (χ4v) is 2.50. The third-order valence-corrected chi connectivity index (χ3v) is 3.69. The largest absolute Gasteiger partial charge is 0.469 e. The molecule has 0 atom stereocenters. The van der Waals surface area contributed by atoms with Gasteiger partial charge in [0, 0.05) is 30.1 Å². The normalized spacial score (nSPS) is 11.0. The minimum Gasteiger partial charge on any atom is -0.469 e. The van der Waals surface area contributed by atoms with Crippen molar-refractivity contribution in [1.82, 2.24) is 4.98 Å². The number of nitrogens with zero attached hydrogens (tertiary/aromatic N) is 2. The van der Waals surface area contributed by atoms with Gasteiger partial charge in [-0.05, 0) is 25.1 Å². The van der Waals surface area contributed by atoms with Crippen molar-refractivity contribution in [2.75, 3.05) is 11.9 Å². The Morgan fingerprint density at radius 3 is 2.71 bits per heavy atom. The highest BCUT2D eigenvalue weighted by molar-refractivity contribution is 5.81. The molecule has 0 spiro atoms. The summed E-state index contributed by atoms with van der Waals surface area (Å²) in [5.41, 5.74) is 2.88. The van der Waals surface area contributed by atoms with E-state index in [-0.39, 0.29) is 6.61 Å². The summed E-state index contributed by atoms with van der Waals surface area (Å²) >= 11 is 0. The summed E-state index contributed by atoms with van der Waals surface area (Å²) in [6.07, 6.45) is 1.69. The summed E-state index contributed by atoms with van der Waals surface area (Å²) in [5.74, 6) is 1.71. The number of pyridine rings is 1. The molecule has 0 unspecified atom stereocenters. The van der Waals surface area contributed by atoms with Crippen molar-refractivity contribution in [1.29, 1.82) is 0 Å². The first kappa shape index (κ1) is 13.6. The molecule has 0 aliphatic heterocycles. The van der Waals surface area contributed by atoms with Crippen molar-refractivity contribution >= 4 is 16.7 Å². The van der Waals surface area contributed by atoms with Gasteiger partial charge < -0.3 is 14.4 Å². The summed E-state index contributed by atoms with van der Waals surface area (Å²) in [7, 11) is 1.97. The smallest absolute Gasteiger partial charge is 0.134 e. The number of rotatable bonds is 4. The molecule has 2 aromatic heterocycles. The van der Waals surface area contributed by atoms with Gasteiger partial charge in [0.25, 0.3) is 0 Å². The van der Waals surface area contributed by atoms with Crippen LogP contribution in [0.25, 0.3) is 10.9 Å². The van der Waals surface area contributed by atoms with Crippen LogP contribution in [-0.2, 0) is 13.2 Å². The van der Waals surface area contributed by atoms with Crippen LogP contribution in [0.1, 0.15) is 16.9 Å². The highest BCUT2D eigenvalue weighted by Crippen LogP contribution is 2.24. The van der Waals surface area contributed by atoms with Gasteiger partial charge in [0.15, 0.2) is 0 Å². The molecular formula is C17H18N2O2. The molecule has 0 saturated heterocycles. The van der Waals surface area contributed by atoms with E-state index >= 15 is 0 Å². The summed E-state index contributed by atoms with van der Waals surface area (Å²) in [4.78, 5) is 6.73. The molecule has 4 heteroatoms. The van der Waals surface area contributed by atoms with Crippen LogP contribution in [0.2, 0.25) is 0 Å². The van der Waals surface area contributed by atoms with Gasteiger partial charge in [-0.25, -0.2) is 4.98 Å². The van der Waals surface area contributed by atoms with Gasteiger partial charge in [-0.2, -0.15) is 0 Å². The van der Waals surface area contributed by atoms with Crippen LogP contribution in [0.5, 0.6) is 0 Å². The number of para-hydroxylation sites is 1. The zero-order valence-electron chi connectivity index (χ0n) is 12.2.